The minimum absolute atomic E-state index is 0.00471. The maximum Gasteiger partial charge on any atom is 0.264 e. The second-order valence-electron chi connectivity index (χ2n) is 7.49. The van der Waals surface area contributed by atoms with Gasteiger partial charge in [-0.15, -0.1) is 11.3 Å². The first kappa shape index (κ1) is 22.2. The Morgan fingerprint density at radius 2 is 1.88 bits per heavy atom. The molecule has 2 aromatic carbocycles. The summed E-state index contributed by atoms with van der Waals surface area (Å²) in [6, 6.07) is 14.2. The number of sulfonamides is 1. The minimum Gasteiger partial charge on any atom is -0.493 e. The van der Waals surface area contributed by atoms with Crippen LogP contribution in [0.1, 0.15) is 26.4 Å². The van der Waals surface area contributed by atoms with E-state index in [9.17, 15) is 13.2 Å². The van der Waals surface area contributed by atoms with Crippen LogP contribution < -0.4 is 14.2 Å². The number of rotatable bonds is 7. The van der Waals surface area contributed by atoms with Gasteiger partial charge in [0.1, 0.15) is 0 Å². The molecule has 0 bridgehead atoms. The van der Waals surface area contributed by atoms with Crippen molar-refractivity contribution < 1.29 is 22.7 Å². The molecule has 0 aliphatic carbocycles. The quantitative estimate of drug-likeness (QED) is 0.564. The molecule has 0 saturated carbocycles. The van der Waals surface area contributed by atoms with Crippen molar-refractivity contribution in [2.24, 2.45) is 0 Å². The summed E-state index contributed by atoms with van der Waals surface area (Å²) in [7, 11) is -0.613. The van der Waals surface area contributed by atoms with E-state index in [0.29, 0.717) is 40.7 Å². The third-order valence-electron chi connectivity index (χ3n) is 5.32. The van der Waals surface area contributed by atoms with Gasteiger partial charge in [-0.2, -0.15) is 0 Å². The summed E-state index contributed by atoms with van der Waals surface area (Å²) in [5.41, 5.74) is 3.14. The Morgan fingerprint density at radius 1 is 1.06 bits per heavy atom. The molecular weight excluding hydrogens is 448 g/mol. The van der Waals surface area contributed by atoms with Gasteiger partial charge in [0.15, 0.2) is 11.5 Å². The fraction of sp³-hybridized carbons (Fsp3) is 0.261. The third-order valence-corrected chi connectivity index (χ3v) is 7.43. The smallest absolute Gasteiger partial charge is 0.264 e. The summed E-state index contributed by atoms with van der Waals surface area (Å²) in [5, 5.41) is 1.89. The van der Waals surface area contributed by atoms with E-state index in [1.807, 2.05) is 29.6 Å². The number of hydrogen-bond donors (Lipinski definition) is 1. The number of nitrogens with one attached hydrogen (secondary N) is 1. The van der Waals surface area contributed by atoms with E-state index in [0.717, 1.165) is 17.5 Å². The van der Waals surface area contributed by atoms with Crippen LogP contribution in [0.2, 0.25) is 0 Å². The lowest BCUT2D eigenvalue weighted by Gasteiger charge is -2.29. The molecular formula is C23H24N2O5S2. The zero-order chi connectivity index (χ0) is 22.7. The normalized spacial score (nSPS) is 13.4. The van der Waals surface area contributed by atoms with Crippen LogP contribution in [0.4, 0.5) is 5.69 Å². The maximum atomic E-state index is 12.8. The zero-order valence-electron chi connectivity index (χ0n) is 17.8. The van der Waals surface area contributed by atoms with E-state index in [4.69, 9.17) is 9.47 Å². The summed E-state index contributed by atoms with van der Waals surface area (Å²) < 4.78 is 38.7. The van der Waals surface area contributed by atoms with Crippen LogP contribution in [0.3, 0.4) is 0 Å². The predicted octanol–water partition coefficient (Wildman–Crippen LogP) is 3.91. The highest BCUT2D eigenvalue weighted by molar-refractivity contribution is 7.91. The van der Waals surface area contributed by atoms with E-state index in [2.05, 4.69) is 4.72 Å². The SMILES string of the molecule is COc1ccc(CS(=O)(=O)Nc2ccc3c(c2)CN(C(=O)c2cccs2)CC3)cc1OC. The molecule has 168 valence electrons. The zero-order valence-corrected chi connectivity index (χ0v) is 19.5. The number of fused-ring (bicyclic) bond motifs is 1. The molecule has 7 nitrogen and oxygen atoms in total. The lowest BCUT2D eigenvalue weighted by Crippen LogP contribution is -2.35. The van der Waals surface area contributed by atoms with Crippen molar-refractivity contribution in [1.29, 1.82) is 0 Å². The monoisotopic (exact) mass is 472 g/mol. The Kier molecular flexibility index (Phi) is 6.38. The van der Waals surface area contributed by atoms with Crippen molar-refractivity contribution in [2.45, 2.75) is 18.7 Å². The number of thiophene rings is 1. The summed E-state index contributed by atoms with van der Waals surface area (Å²) in [5.74, 6) is 0.820. The van der Waals surface area contributed by atoms with Gasteiger partial charge in [-0.25, -0.2) is 8.42 Å². The van der Waals surface area contributed by atoms with Gasteiger partial charge in [0.25, 0.3) is 5.91 Å². The molecule has 0 saturated heterocycles. The molecule has 1 aromatic heterocycles. The van der Waals surface area contributed by atoms with Crippen molar-refractivity contribution in [1.82, 2.24) is 4.90 Å². The second-order valence-corrected chi connectivity index (χ2v) is 10.2. The van der Waals surface area contributed by atoms with Gasteiger partial charge < -0.3 is 14.4 Å². The molecule has 0 radical (unpaired) electrons. The molecule has 9 heteroatoms. The highest BCUT2D eigenvalue weighted by Gasteiger charge is 2.23. The summed E-state index contributed by atoms with van der Waals surface area (Å²) in [6.07, 6.45) is 0.741. The molecule has 0 unspecified atom stereocenters. The highest BCUT2D eigenvalue weighted by Crippen LogP contribution is 2.29. The summed E-state index contributed by atoms with van der Waals surface area (Å²) in [4.78, 5) is 15.2. The average Bonchev–Trinajstić information content (AvgIpc) is 3.32. The van der Waals surface area contributed by atoms with E-state index in [1.54, 1.807) is 29.2 Å². The van der Waals surface area contributed by atoms with Crippen LogP contribution in [-0.4, -0.2) is 40.0 Å². The van der Waals surface area contributed by atoms with Crippen molar-refractivity contribution in [3.8, 4) is 11.5 Å². The number of carbonyl (C=O) groups excluding carboxylic acids is 1. The van der Waals surface area contributed by atoms with Gasteiger partial charge in [-0.1, -0.05) is 18.2 Å². The minimum atomic E-state index is -3.65. The fourth-order valence-corrected chi connectivity index (χ4v) is 5.62. The highest BCUT2D eigenvalue weighted by atomic mass is 32.2. The Labute approximate surface area is 191 Å². The number of ether oxygens (including phenoxy) is 2. The van der Waals surface area contributed by atoms with Gasteiger partial charge in [-0.05, 0) is 58.8 Å². The van der Waals surface area contributed by atoms with Crippen LogP contribution >= 0.6 is 11.3 Å². The van der Waals surface area contributed by atoms with Gasteiger partial charge in [0, 0.05) is 18.8 Å². The topological polar surface area (TPSA) is 84.9 Å². The van der Waals surface area contributed by atoms with Gasteiger partial charge in [0.2, 0.25) is 10.0 Å². The second kappa shape index (κ2) is 9.22. The van der Waals surface area contributed by atoms with Gasteiger partial charge >= 0.3 is 0 Å². The maximum absolute atomic E-state index is 12.8. The first-order valence-electron chi connectivity index (χ1n) is 10.0. The molecule has 0 spiro atoms. The lowest BCUT2D eigenvalue weighted by molar-refractivity contribution is 0.0739. The molecule has 1 aliphatic heterocycles. The molecule has 3 aromatic rings. The average molecular weight is 473 g/mol. The molecule has 32 heavy (non-hydrogen) atoms. The van der Waals surface area contributed by atoms with Crippen LogP contribution in [0, 0.1) is 0 Å². The van der Waals surface area contributed by atoms with Crippen LogP contribution in [0.15, 0.2) is 53.9 Å². The Hall–Kier alpha value is -3.04. The number of hydrogen-bond acceptors (Lipinski definition) is 6. The third kappa shape index (κ3) is 4.89. The molecule has 1 N–H and O–H groups in total. The summed E-state index contributed by atoms with van der Waals surface area (Å²) >= 11 is 1.42. The summed E-state index contributed by atoms with van der Waals surface area (Å²) in [6.45, 7) is 1.10. The van der Waals surface area contributed by atoms with Crippen LogP contribution in [0.5, 0.6) is 11.5 Å². The number of benzene rings is 2. The molecule has 4 rings (SSSR count). The van der Waals surface area contributed by atoms with Gasteiger partial charge in [-0.3, -0.25) is 9.52 Å². The van der Waals surface area contributed by atoms with Crippen LogP contribution in [0.25, 0.3) is 0 Å². The Bertz CT molecular complexity index is 1220. The first-order valence-corrected chi connectivity index (χ1v) is 12.6. The van der Waals surface area contributed by atoms with Crippen molar-refractivity contribution in [2.75, 3.05) is 25.5 Å². The number of anilines is 1. The van der Waals surface area contributed by atoms with Crippen molar-refractivity contribution in [3.05, 3.63) is 75.5 Å². The molecule has 1 amide bonds. The molecule has 1 aliphatic rings. The molecule has 2 heterocycles. The molecule has 0 atom stereocenters. The number of nitrogens with zero attached hydrogens (tertiary/aromatic N) is 1. The number of carbonyl (C=O) groups is 1. The number of methoxy groups -OCH3 is 2. The largest absolute Gasteiger partial charge is 0.493 e. The van der Waals surface area contributed by atoms with Gasteiger partial charge in [0.05, 0.1) is 24.8 Å². The van der Waals surface area contributed by atoms with Crippen molar-refractivity contribution >= 4 is 33.0 Å². The molecule has 0 fully saturated rings. The fourth-order valence-electron chi connectivity index (χ4n) is 3.76. The van der Waals surface area contributed by atoms with E-state index < -0.39 is 10.0 Å². The van der Waals surface area contributed by atoms with E-state index in [-0.39, 0.29) is 11.7 Å². The lowest BCUT2D eigenvalue weighted by atomic mass is 9.99. The van der Waals surface area contributed by atoms with E-state index in [1.165, 1.54) is 25.6 Å². The Morgan fingerprint density at radius 3 is 2.59 bits per heavy atom. The van der Waals surface area contributed by atoms with Crippen molar-refractivity contribution in [3.63, 3.8) is 0 Å². The van der Waals surface area contributed by atoms with E-state index >= 15 is 0 Å². The Balaban J connectivity index is 1.48. The predicted molar refractivity (Wildman–Crippen MR) is 125 cm³/mol. The van der Waals surface area contributed by atoms with Crippen LogP contribution in [-0.2, 0) is 28.7 Å². The first-order chi connectivity index (χ1) is 15.4. The number of amides is 1. The standard InChI is InChI=1S/C23H24N2O5S2/c1-29-20-8-5-16(12-21(20)30-2)15-32(27,28)24-19-7-6-17-9-10-25(14-18(17)13-19)23(26)22-4-3-11-31-22/h3-8,11-13,24H,9-10,14-15H2,1-2H3.